The predicted octanol–water partition coefficient (Wildman–Crippen LogP) is 1.85. The minimum Gasteiger partial charge on any atom is -0.481 e. The number of carboxylic acids is 1. The van der Waals surface area contributed by atoms with Crippen molar-refractivity contribution in [1.82, 2.24) is 0 Å². The van der Waals surface area contributed by atoms with Gasteiger partial charge in [0.25, 0.3) is 0 Å². The molecule has 0 radical (unpaired) electrons. The van der Waals surface area contributed by atoms with Gasteiger partial charge in [0.2, 0.25) is 5.91 Å². The zero-order chi connectivity index (χ0) is 13.3. The number of primary amides is 1. The normalized spacial score (nSPS) is 26.4. The third-order valence-electron chi connectivity index (χ3n) is 3.60. The predicted molar refractivity (Wildman–Crippen MR) is 67.1 cm³/mol. The minimum atomic E-state index is -0.858. The molecule has 1 aromatic rings. The summed E-state index contributed by atoms with van der Waals surface area (Å²) in [5.74, 6) is -1.73. The molecule has 1 aromatic carbocycles. The second kappa shape index (κ2) is 4.61. The molecule has 1 aliphatic rings. The monoisotopic (exact) mass is 267 g/mol. The van der Waals surface area contributed by atoms with Crippen LogP contribution in [0, 0.1) is 11.3 Å². The summed E-state index contributed by atoms with van der Waals surface area (Å²) in [7, 11) is 0. The van der Waals surface area contributed by atoms with Gasteiger partial charge in [0, 0.05) is 5.02 Å². The van der Waals surface area contributed by atoms with Crippen LogP contribution in [0.15, 0.2) is 24.3 Å². The van der Waals surface area contributed by atoms with Gasteiger partial charge in [0.1, 0.15) is 0 Å². The molecular formula is C13H14ClNO3. The van der Waals surface area contributed by atoms with Gasteiger partial charge in [-0.2, -0.15) is 0 Å². The largest absolute Gasteiger partial charge is 0.481 e. The molecule has 1 fully saturated rings. The lowest BCUT2D eigenvalue weighted by molar-refractivity contribution is -0.154. The number of nitrogens with two attached hydrogens (primary N) is 1. The topological polar surface area (TPSA) is 80.4 Å². The highest BCUT2D eigenvalue weighted by atomic mass is 35.5. The van der Waals surface area contributed by atoms with Crippen LogP contribution in [0.1, 0.15) is 18.4 Å². The second-order valence-electron chi connectivity index (χ2n) is 4.89. The number of amides is 1. The van der Waals surface area contributed by atoms with Crippen molar-refractivity contribution in [1.29, 1.82) is 0 Å². The van der Waals surface area contributed by atoms with E-state index in [4.69, 9.17) is 22.4 Å². The number of halogens is 1. The molecule has 1 saturated carbocycles. The summed E-state index contributed by atoms with van der Waals surface area (Å²) in [6.07, 6.45) is 1.11. The Hall–Kier alpha value is -1.55. The fraction of sp³-hybridized carbons (Fsp3) is 0.385. The first-order valence-corrected chi connectivity index (χ1v) is 6.08. The Labute approximate surface area is 110 Å². The van der Waals surface area contributed by atoms with E-state index in [1.165, 1.54) is 0 Å². The van der Waals surface area contributed by atoms with Gasteiger partial charge in [-0.3, -0.25) is 9.59 Å². The van der Waals surface area contributed by atoms with Crippen molar-refractivity contribution in [3.63, 3.8) is 0 Å². The molecule has 2 rings (SSSR count). The van der Waals surface area contributed by atoms with Crippen LogP contribution in [-0.2, 0) is 16.0 Å². The number of aliphatic carboxylic acids is 1. The number of carbonyl (C=O) groups excluding carboxylic acids is 1. The molecule has 0 unspecified atom stereocenters. The van der Waals surface area contributed by atoms with E-state index in [1.807, 2.05) is 12.1 Å². The van der Waals surface area contributed by atoms with E-state index >= 15 is 0 Å². The molecular weight excluding hydrogens is 254 g/mol. The van der Waals surface area contributed by atoms with Gasteiger partial charge in [0.15, 0.2) is 0 Å². The molecule has 0 saturated heterocycles. The highest BCUT2D eigenvalue weighted by Gasteiger charge is 2.51. The Kier molecular flexibility index (Phi) is 3.30. The van der Waals surface area contributed by atoms with Crippen molar-refractivity contribution in [3.8, 4) is 0 Å². The van der Waals surface area contributed by atoms with Gasteiger partial charge < -0.3 is 10.8 Å². The van der Waals surface area contributed by atoms with Gasteiger partial charge in [0.05, 0.1) is 11.3 Å². The summed E-state index contributed by atoms with van der Waals surface area (Å²) in [6, 6.07) is 7.17. The third kappa shape index (κ3) is 2.34. The first-order chi connectivity index (χ1) is 8.43. The lowest BCUT2D eigenvalue weighted by atomic mass is 9.59. The SMILES string of the molecule is NC(=O)C1(Cc2ccc(Cl)cc2)CC(C(=O)O)C1. The van der Waals surface area contributed by atoms with Crippen molar-refractivity contribution in [2.24, 2.45) is 17.1 Å². The number of carboxylic acid groups (broad SMARTS) is 1. The molecule has 0 atom stereocenters. The van der Waals surface area contributed by atoms with E-state index < -0.39 is 23.2 Å². The maximum Gasteiger partial charge on any atom is 0.306 e. The first kappa shape index (κ1) is 12.9. The standard InChI is InChI=1S/C13H14ClNO3/c14-10-3-1-8(2-4-10)5-13(12(15)18)6-9(7-13)11(16)17/h1-4,9H,5-7H2,(H2,15,18)(H,16,17). The number of carbonyl (C=O) groups is 2. The van der Waals surface area contributed by atoms with E-state index in [-0.39, 0.29) is 0 Å². The molecule has 5 heteroatoms. The van der Waals surface area contributed by atoms with E-state index in [2.05, 4.69) is 0 Å². The van der Waals surface area contributed by atoms with Crippen molar-refractivity contribution in [2.75, 3.05) is 0 Å². The second-order valence-corrected chi connectivity index (χ2v) is 5.33. The summed E-state index contributed by atoms with van der Waals surface area (Å²) < 4.78 is 0. The Bertz CT molecular complexity index is 478. The van der Waals surface area contributed by atoms with Crippen LogP contribution in [0.5, 0.6) is 0 Å². The molecule has 96 valence electrons. The molecule has 18 heavy (non-hydrogen) atoms. The molecule has 0 aliphatic heterocycles. The van der Waals surface area contributed by atoms with Crippen molar-refractivity contribution in [2.45, 2.75) is 19.3 Å². The summed E-state index contributed by atoms with van der Waals surface area (Å²) in [5, 5.41) is 9.51. The Morgan fingerprint density at radius 2 is 1.89 bits per heavy atom. The molecule has 0 bridgehead atoms. The lowest BCUT2D eigenvalue weighted by Gasteiger charge is -2.43. The zero-order valence-corrected chi connectivity index (χ0v) is 10.5. The molecule has 0 aromatic heterocycles. The zero-order valence-electron chi connectivity index (χ0n) is 9.73. The van der Waals surface area contributed by atoms with E-state index in [0.29, 0.717) is 24.3 Å². The quantitative estimate of drug-likeness (QED) is 0.874. The number of hydrogen-bond donors (Lipinski definition) is 2. The maximum absolute atomic E-state index is 11.5. The molecule has 1 aliphatic carbocycles. The summed E-state index contributed by atoms with van der Waals surface area (Å²) in [4.78, 5) is 22.4. The van der Waals surface area contributed by atoms with E-state index in [0.717, 1.165) is 5.56 Å². The highest BCUT2D eigenvalue weighted by Crippen LogP contribution is 2.48. The Morgan fingerprint density at radius 3 is 2.33 bits per heavy atom. The number of hydrogen-bond acceptors (Lipinski definition) is 2. The summed E-state index contributed by atoms with van der Waals surface area (Å²) in [6.45, 7) is 0. The minimum absolute atomic E-state index is 0.320. The van der Waals surface area contributed by atoms with Crippen molar-refractivity contribution < 1.29 is 14.7 Å². The molecule has 1 amide bonds. The molecule has 0 heterocycles. The molecule has 3 N–H and O–H groups in total. The Morgan fingerprint density at radius 1 is 1.33 bits per heavy atom. The summed E-state index contributed by atoms with van der Waals surface area (Å²) >= 11 is 5.79. The third-order valence-corrected chi connectivity index (χ3v) is 3.85. The average molecular weight is 268 g/mol. The van der Waals surface area contributed by atoms with Crippen LogP contribution in [0.25, 0.3) is 0 Å². The van der Waals surface area contributed by atoms with Gasteiger partial charge in [-0.15, -0.1) is 0 Å². The molecule has 0 spiro atoms. The van der Waals surface area contributed by atoms with Crippen LogP contribution in [0.2, 0.25) is 5.02 Å². The Balaban J connectivity index is 2.12. The van der Waals surface area contributed by atoms with Crippen LogP contribution in [-0.4, -0.2) is 17.0 Å². The smallest absolute Gasteiger partial charge is 0.306 e. The van der Waals surface area contributed by atoms with Crippen molar-refractivity contribution in [3.05, 3.63) is 34.9 Å². The fourth-order valence-electron chi connectivity index (χ4n) is 2.48. The van der Waals surface area contributed by atoms with E-state index in [9.17, 15) is 9.59 Å². The lowest BCUT2D eigenvalue weighted by Crippen LogP contribution is -2.51. The van der Waals surface area contributed by atoms with Gasteiger partial charge in [-0.05, 0) is 37.0 Å². The van der Waals surface area contributed by atoms with Crippen LogP contribution in [0.4, 0.5) is 0 Å². The molecule has 4 nitrogen and oxygen atoms in total. The van der Waals surface area contributed by atoms with Crippen molar-refractivity contribution >= 4 is 23.5 Å². The average Bonchev–Trinajstić information content (AvgIpc) is 2.24. The highest BCUT2D eigenvalue weighted by molar-refractivity contribution is 6.30. The van der Waals surface area contributed by atoms with Crippen LogP contribution >= 0.6 is 11.6 Å². The van der Waals surface area contributed by atoms with E-state index in [1.54, 1.807) is 12.1 Å². The number of benzene rings is 1. The summed E-state index contributed by atoms with van der Waals surface area (Å²) in [5.41, 5.74) is 5.65. The van der Waals surface area contributed by atoms with Gasteiger partial charge in [-0.25, -0.2) is 0 Å². The van der Waals surface area contributed by atoms with Crippen LogP contribution < -0.4 is 5.73 Å². The first-order valence-electron chi connectivity index (χ1n) is 5.70. The van der Waals surface area contributed by atoms with Gasteiger partial charge in [-0.1, -0.05) is 23.7 Å². The maximum atomic E-state index is 11.5. The van der Waals surface area contributed by atoms with Gasteiger partial charge >= 0.3 is 5.97 Å². The van der Waals surface area contributed by atoms with Crippen LogP contribution in [0.3, 0.4) is 0 Å². The fourth-order valence-corrected chi connectivity index (χ4v) is 2.61. The number of rotatable bonds is 4.